The van der Waals surface area contributed by atoms with Gasteiger partial charge in [-0.25, -0.2) is 18.2 Å². The first-order valence-electron chi connectivity index (χ1n) is 8.36. The number of amides is 1. The molecule has 0 aliphatic heterocycles. The van der Waals surface area contributed by atoms with Crippen LogP contribution >= 0.6 is 0 Å². The van der Waals surface area contributed by atoms with Crippen LogP contribution in [-0.2, 0) is 23.9 Å². The molecule has 0 aliphatic carbocycles. The smallest absolute Gasteiger partial charge is 0.321 e. The van der Waals surface area contributed by atoms with Crippen LogP contribution in [0.4, 0.5) is 5.69 Å². The lowest BCUT2D eigenvalue weighted by atomic mass is 10.2. The second-order valence-electron chi connectivity index (χ2n) is 6.15. The van der Waals surface area contributed by atoms with Crippen molar-refractivity contribution in [1.82, 2.24) is 14.1 Å². The number of benzene rings is 1. The van der Waals surface area contributed by atoms with Crippen molar-refractivity contribution in [2.24, 2.45) is 14.1 Å². The first-order valence-corrected chi connectivity index (χ1v) is 10.0. The summed E-state index contributed by atoms with van der Waals surface area (Å²) in [6.07, 6.45) is 1.30. The van der Waals surface area contributed by atoms with Crippen LogP contribution in [0.1, 0.15) is 17.3 Å². The summed E-state index contributed by atoms with van der Waals surface area (Å²) in [5.41, 5.74) is -0.675. The second-order valence-corrected chi connectivity index (χ2v) is 8.40. The van der Waals surface area contributed by atoms with E-state index >= 15 is 0 Å². The number of nitrogens with one attached hydrogen (secondary N) is 1. The Morgan fingerprint density at radius 2 is 1.82 bits per heavy atom. The van der Waals surface area contributed by atoms with Gasteiger partial charge in [-0.3, -0.25) is 18.7 Å². The van der Waals surface area contributed by atoms with Crippen molar-refractivity contribution in [3.05, 3.63) is 62.9 Å². The van der Waals surface area contributed by atoms with Gasteiger partial charge < -0.3 is 5.32 Å². The van der Waals surface area contributed by atoms with Crippen LogP contribution in [0.5, 0.6) is 0 Å². The first-order chi connectivity index (χ1) is 13.2. The molecule has 28 heavy (non-hydrogen) atoms. The number of pyridine rings is 1. The van der Waals surface area contributed by atoms with Crippen LogP contribution < -0.4 is 16.6 Å². The lowest BCUT2D eigenvalue weighted by Crippen LogP contribution is -2.37. The molecule has 3 rings (SSSR count). The van der Waals surface area contributed by atoms with Crippen molar-refractivity contribution in [2.75, 3.05) is 11.1 Å². The molecule has 0 unspecified atom stereocenters. The minimum absolute atomic E-state index is 0.00203. The summed E-state index contributed by atoms with van der Waals surface area (Å²) in [5.74, 6) is -0.783. The fourth-order valence-corrected chi connectivity index (χ4v) is 3.91. The molecule has 3 aromatic rings. The Balaban J connectivity index is 2.07. The third kappa shape index (κ3) is 3.22. The zero-order valence-corrected chi connectivity index (χ0v) is 16.3. The summed E-state index contributed by atoms with van der Waals surface area (Å²) < 4.78 is 26.6. The average molecular weight is 402 g/mol. The first kappa shape index (κ1) is 19.5. The molecule has 0 spiro atoms. The number of aromatic nitrogens is 3. The van der Waals surface area contributed by atoms with Gasteiger partial charge in [-0.1, -0.05) is 19.1 Å². The molecule has 10 heteroatoms. The zero-order valence-electron chi connectivity index (χ0n) is 15.5. The minimum Gasteiger partial charge on any atom is -0.321 e. The van der Waals surface area contributed by atoms with Gasteiger partial charge in [-0.15, -0.1) is 0 Å². The number of sulfone groups is 1. The fourth-order valence-electron chi connectivity index (χ4n) is 2.81. The third-order valence-electron chi connectivity index (χ3n) is 4.40. The van der Waals surface area contributed by atoms with Crippen molar-refractivity contribution in [1.29, 1.82) is 0 Å². The molecule has 2 aromatic heterocycles. The third-order valence-corrected chi connectivity index (χ3v) is 6.18. The number of hydrogen-bond acceptors (Lipinski definition) is 6. The van der Waals surface area contributed by atoms with Crippen LogP contribution in [0, 0.1) is 0 Å². The van der Waals surface area contributed by atoms with E-state index in [0.29, 0.717) is 0 Å². The van der Waals surface area contributed by atoms with Gasteiger partial charge in [0.1, 0.15) is 5.65 Å². The lowest BCUT2D eigenvalue weighted by molar-refractivity contribution is 0.102. The Morgan fingerprint density at radius 3 is 2.50 bits per heavy atom. The maximum atomic E-state index is 12.7. The molecule has 146 valence electrons. The Kier molecular flexibility index (Phi) is 4.90. The van der Waals surface area contributed by atoms with E-state index in [-0.39, 0.29) is 32.9 Å². The second kappa shape index (κ2) is 7.04. The Hall–Kier alpha value is -3.27. The highest BCUT2D eigenvalue weighted by atomic mass is 32.2. The van der Waals surface area contributed by atoms with E-state index in [4.69, 9.17) is 0 Å². The molecule has 0 bridgehead atoms. The van der Waals surface area contributed by atoms with Gasteiger partial charge in [0.05, 0.1) is 33.5 Å². The van der Waals surface area contributed by atoms with Crippen molar-refractivity contribution in [2.45, 2.75) is 11.8 Å². The number of nitrogens with zero attached hydrogens (tertiary/aromatic N) is 3. The molecule has 0 aliphatic rings. The van der Waals surface area contributed by atoms with E-state index in [1.807, 2.05) is 0 Å². The summed E-state index contributed by atoms with van der Waals surface area (Å²) in [6.45, 7) is 1.50. The molecule has 1 aromatic carbocycles. The summed E-state index contributed by atoms with van der Waals surface area (Å²) in [4.78, 5) is 41.0. The maximum Gasteiger partial charge on any atom is 0.332 e. The molecule has 1 N–H and O–H groups in total. The summed E-state index contributed by atoms with van der Waals surface area (Å²) in [7, 11) is -0.756. The fraction of sp³-hybridized carbons (Fsp3) is 0.222. The average Bonchev–Trinajstić information content (AvgIpc) is 2.70. The van der Waals surface area contributed by atoms with Crippen molar-refractivity contribution in [3.8, 4) is 0 Å². The maximum absolute atomic E-state index is 12.7. The van der Waals surface area contributed by atoms with Gasteiger partial charge >= 0.3 is 5.69 Å². The molecular formula is C18H18N4O5S. The van der Waals surface area contributed by atoms with Gasteiger partial charge in [-0.2, -0.15) is 0 Å². The number of anilines is 1. The van der Waals surface area contributed by atoms with Gasteiger partial charge in [0.15, 0.2) is 9.84 Å². The van der Waals surface area contributed by atoms with Gasteiger partial charge in [-0.05, 0) is 18.2 Å². The van der Waals surface area contributed by atoms with Crippen LogP contribution in [-0.4, -0.2) is 34.2 Å². The Morgan fingerprint density at radius 1 is 1.14 bits per heavy atom. The van der Waals surface area contributed by atoms with Crippen LogP contribution in [0.15, 0.2) is 51.0 Å². The highest BCUT2D eigenvalue weighted by Gasteiger charge is 2.21. The normalized spacial score (nSPS) is 11.5. The molecular weight excluding hydrogens is 384 g/mol. The highest BCUT2D eigenvalue weighted by Crippen LogP contribution is 2.19. The van der Waals surface area contributed by atoms with E-state index in [1.165, 1.54) is 50.0 Å². The molecule has 0 saturated carbocycles. The van der Waals surface area contributed by atoms with E-state index in [9.17, 15) is 22.8 Å². The topological polar surface area (TPSA) is 120 Å². The molecule has 9 nitrogen and oxygen atoms in total. The number of aryl methyl sites for hydroxylation is 1. The number of carbonyl (C=O) groups is 1. The molecule has 0 fully saturated rings. The monoisotopic (exact) mass is 402 g/mol. The Labute approximate surface area is 160 Å². The van der Waals surface area contributed by atoms with Gasteiger partial charge in [0.2, 0.25) is 0 Å². The van der Waals surface area contributed by atoms with Crippen molar-refractivity contribution < 1.29 is 13.2 Å². The van der Waals surface area contributed by atoms with Crippen molar-refractivity contribution >= 4 is 32.5 Å². The highest BCUT2D eigenvalue weighted by molar-refractivity contribution is 7.91. The predicted molar refractivity (Wildman–Crippen MR) is 104 cm³/mol. The summed E-state index contributed by atoms with van der Waals surface area (Å²) in [5, 5.41) is 2.72. The number of carbonyl (C=O) groups excluding carboxylic acids is 1. The number of fused-ring (bicyclic) bond motifs is 1. The van der Waals surface area contributed by atoms with Crippen LogP contribution in [0.25, 0.3) is 11.0 Å². The minimum atomic E-state index is -3.59. The van der Waals surface area contributed by atoms with Crippen molar-refractivity contribution in [3.63, 3.8) is 0 Å². The molecule has 0 atom stereocenters. The van der Waals surface area contributed by atoms with Crippen LogP contribution in [0.3, 0.4) is 0 Å². The van der Waals surface area contributed by atoms with Gasteiger partial charge in [0, 0.05) is 14.1 Å². The van der Waals surface area contributed by atoms with E-state index in [1.54, 1.807) is 12.1 Å². The Bertz CT molecular complexity index is 1320. The molecule has 0 radical (unpaired) electrons. The zero-order chi connectivity index (χ0) is 20.6. The molecule has 0 saturated heterocycles. The SMILES string of the molecule is CCS(=O)(=O)c1ccccc1C(=O)Nc1cnc2c(c1)c(=O)n(C)c(=O)n2C. The predicted octanol–water partition coefficient (Wildman–Crippen LogP) is 0.678. The number of rotatable bonds is 4. The lowest BCUT2D eigenvalue weighted by Gasteiger charge is -2.11. The molecule has 2 heterocycles. The molecule has 1 amide bonds. The van der Waals surface area contributed by atoms with E-state index in [0.717, 1.165) is 4.57 Å². The largest absolute Gasteiger partial charge is 0.332 e. The standard InChI is InChI=1S/C18H18N4O5S/c1-4-28(26,27)14-8-6-5-7-12(14)16(23)20-11-9-13-15(19-10-11)21(2)18(25)22(3)17(13)24/h5-10H,4H2,1-3H3,(H,20,23). The number of hydrogen-bond donors (Lipinski definition) is 1. The summed E-state index contributed by atoms with van der Waals surface area (Å²) >= 11 is 0. The quantitative estimate of drug-likeness (QED) is 0.685. The van der Waals surface area contributed by atoms with Crippen LogP contribution in [0.2, 0.25) is 0 Å². The van der Waals surface area contributed by atoms with E-state index < -0.39 is 27.0 Å². The summed E-state index contributed by atoms with van der Waals surface area (Å²) in [6, 6.07) is 7.29. The van der Waals surface area contributed by atoms with E-state index in [2.05, 4.69) is 10.3 Å². The van der Waals surface area contributed by atoms with Gasteiger partial charge in [0.25, 0.3) is 11.5 Å².